The van der Waals surface area contributed by atoms with E-state index in [1.54, 1.807) is 13.0 Å². The van der Waals surface area contributed by atoms with Gasteiger partial charge in [-0.15, -0.1) is 0 Å². The molecule has 2 aromatic rings. The average molecular weight is 368 g/mol. The maximum atomic E-state index is 12.8. The number of amides is 2. The number of hydrogen-bond donors (Lipinski definition) is 1. The second-order valence-electron chi connectivity index (χ2n) is 6.49. The normalized spacial score (nSPS) is 15.6. The quantitative estimate of drug-likeness (QED) is 0.870. The first-order chi connectivity index (χ1) is 12.2. The SMILES string of the molecule is C[C@@H](NC(=O)N(C)Cc1cccc(C(F)(F)F)c1)c1nc(C2CC2)no1. The van der Waals surface area contributed by atoms with Gasteiger partial charge in [-0.05, 0) is 37.5 Å². The first kappa shape index (κ1) is 18.2. The fourth-order valence-corrected chi connectivity index (χ4v) is 2.48. The lowest BCUT2D eigenvalue weighted by Crippen LogP contribution is -2.38. The number of hydrogen-bond acceptors (Lipinski definition) is 4. The van der Waals surface area contributed by atoms with Crippen LogP contribution in [0.25, 0.3) is 0 Å². The van der Waals surface area contributed by atoms with Gasteiger partial charge in [-0.2, -0.15) is 18.2 Å². The van der Waals surface area contributed by atoms with E-state index in [0.717, 1.165) is 25.0 Å². The highest BCUT2D eigenvalue weighted by molar-refractivity contribution is 5.74. The van der Waals surface area contributed by atoms with E-state index in [-0.39, 0.29) is 6.54 Å². The molecule has 0 spiro atoms. The highest BCUT2D eigenvalue weighted by atomic mass is 19.4. The van der Waals surface area contributed by atoms with Gasteiger partial charge in [-0.25, -0.2) is 4.79 Å². The Labute approximate surface area is 148 Å². The number of nitrogens with zero attached hydrogens (tertiary/aromatic N) is 3. The Kier molecular flexibility index (Phi) is 4.88. The predicted molar refractivity (Wildman–Crippen MR) is 86.1 cm³/mol. The molecule has 0 aliphatic heterocycles. The number of carbonyl (C=O) groups excluding carboxylic acids is 1. The molecule has 1 aliphatic rings. The summed E-state index contributed by atoms with van der Waals surface area (Å²) in [5.74, 6) is 1.31. The molecule has 9 heteroatoms. The minimum Gasteiger partial charge on any atom is -0.337 e. The minimum atomic E-state index is -4.41. The van der Waals surface area contributed by atoms with Crippen LogP contribution in [0.2, 0.25) is 0 Å². The zero-order chi connectivity index (χ0) is 18.9. The van der Waals surface area contributed by atoms with Crippen LogP contribution >= 0.6 is 0 Å². The molecule has 1 atom stereocenters. The number of carbonyl (C=O) groups is 1. The van der Waals surface area contributed by atoms with Gasteiger partial charge in [0.1, 0.15) is 6.04 Å². The van der Waals surface area contributed by atoms with E-state index >= 15 is 0 Å². The van der Waals surface area contributed by atoms with Crippen LogP contribution in [0.3, 0.4) is 0 Å². The van der Waals surface area contributed by atoms with Crippen LogP contribution in [-0.4, -0.2) is 28.1 Å². The molecule has 1 saturated carbocycles. The first-order valence-electron chi connectivity index (χ1n) is 8.25. The lowest BCUT2D eigenvalue weighted by molar-refractivity contribution is -0.137. The summed E-state index contributed by atoms with van der Waals surface area (Å²) in [5, 5.41) is 6.60. The Hall–Kier alpha value is -2.58. The second-order valence-corrected chi connectivity index (χ2v) is 6.49. The number of benzene rings is 1. The van der Waals surface area contributed by atoms with Crippen molar-refractivity contribution in [3.63, 3.8) is 0 Å². The maximum Gasteiger partial charge on any atom is 0.416 e. The van der Waals surface area contributed by atoms with Crippen molar-refractivity contribution in [3.8, 4) is 0 Å². The van der Waals surface area contributed by atoms with Crippen molar-refractivity contribution in [1.29, 1.82) is 0 Å². The molecule has 1 heterocycles. The molecule has 0 radical (unpaired) electrons. The highest BCUT2D eigenvalue weighted by Gasteiger charge is 2.31. The summed E-state index contributed by atoms with van der Waals surface area (Å²) in [6.45, 7) is 1.75. The second kappa shape index (κ2) is 6.97. The van der Waals surface area contributed by atoms with Crippen molar-refractivity contribution in [3.05, 3.63) is 47.1 Å². The summed E-state index contributed by atoms with van der Waals surface area (Å²) in [4.78, 5) is 17.8. The van der Waals surface area contributed by atoms with Crippen molar-refractivity contribution in [2.24, 2.45) is 0 Å². The van der Waals surface area contributed by atoms with Crippen molar-refractivity contribution in [2.45, 2.75) is 44.4 Å². The fraction of sp³-hybridized carbons (Fsp3) is 0.471. The summed E-state index contributed by atoms with van der Waals surface area (Å²) in [6, 6.07) is 3.96. The van der Waals surface area contributed by atoms with Crippen molar-refractivity contribution in [2.75, 3.05) is 7.05 Å². The average Bonchev–Trinajstić information content (AvgIpc) is 3.31. The molecule has 0 saturated heterocycles. The van der Waals surface area contributed by atoms with Gasteiger partial charge in [-0.3, -0.25) is 0 Å². The monoisotopic (exact) mass is 368 g/mol. The Morgan fingerprint density at radius 1 is 1.42 bits per heavy atom. The van der Waals surface area contributed by atoms with E-state index in [1.807, 2.05) is 0 Å². The molecule has 6 nitrogen and oxygen atoms in total. The van der Waals surface area contributed by atoms with Crippen LogP contribution in [0.5, 0.6) is 0 Å². The molecule has 26 heavy (non-hydrogen) atoms. The molecule has 1 fully saturated rings. The molecule has 1 N–H and O–H groups in total. The topological polar surface area (TPSA) is 71.3 Å². The van der Waals surface area contributed by atoms with E-state index in [1.165, 1.54) is 18.0 Å². The summed E-state index contributed by atoms with van der Waals surface area (Å²) in [7, 11) is 1.51. The Morgan fingerprint density at radius 2 is 2.15 bits per heavy atom. The van der Waals surface area contributed by atoms with E-state index in [9.17, 15) is 18.0 Å². The lowest BCUT2D eigenvalue weighted by atomic mass is 10.1. The van der Waals surface area contributed by atoms with E-state index in [4.69, 9.17) is 4.52 Å². The van der Waals surface area contributed by atoms with E-state index in [0.29, 0.717) is 23.2 Å². The van der Waals surface area contributed by atoms with Crippen LogP contribution in [-0.2, 0) is 12.7 Å². The van der Waals surface area contributed by atoms with Crippen LogP contribution in [0, 0.1) is 0 Å². The van der Waals surface area contributed by atoms with Crippen LogP contribution in [0.15, 0.2) is 28.8 Å². The Balaban J connectivity index is 1.58. The predicted octanol–water partition coefficient (Wildman–Crippen LogP) is 3.87. The summed E-state index contributed by atoms with van der Waals surface area (Å²) in [6.07, 6.45) is -2.33. The number of aromatic nitrogens is 2. The van der Waals surface area contributed by atoms with Gasteiger partial charge in [0.05, 0.1) is 5.56 Å². The van der Waals surface area contributed by atoms with Gasteiger partial charge in [0, 0.05) is 19.5 Å². The zero-order valence-electron chi connectivity index (χ0n) is 14.4. The molecule has 1 aromatic heterocycles. The third kappa shape index (κ3) is 4.33. The third-order valence-electron chi connectivity index (χ3n) is 4.13. The number of alkyl halides is 3. The standard InChI is InChI=1S/C17H19F3N4O2/c1-10(15-22-14(23-26-15)12-6-7-12)21-16(25)24(2)9-11-4-3-5-13(8-11)17(18,19)20/h3-5,8,10,12H,6-7,9H2,1-2H3,(H,21,25)/t10-/m1/s1. The molecular weight excluding hydrogens is 349 g/mol. The smallest absolute Gasteiger partial charge is 0.337 e. The molecule has 0 bridgehead atoms. The van der Waals surface area contributed by atoms with Crippen molar-refractivity contribution < 1.29 is 22.5 Å². The summed E-state index contributed by atoms with van der Waals surface area (Å²) >= 11 is 0. The Bertz CT molecular complexity index is 786. The molecule has 1 aliphatic carbocycles. The van der Waals surface area contributed by atoms with Crippen LogP contribution in [0.1, 0.15) is 54.6 Å². The first-order valence-corrected chi connectivity index (χ1v) is 8.25. The number of rotatable bonds is 5. The van der Waals surface area contributed by atoms with Gasteiger partial charge in [0.15, 0.2) is 5.82 Å². The zero-order valence-corrected chi connectivity index (χ0v) is 14.4. The van der Waals surface area contributed by atoms with Gasteiger partial charge in [-0.1, -0.05) is 17.3 Å². The lowest BCUT2D eigenvalue weighted by Gasteiger charge is -2.20. The molecule has 2 amide bonds. The van der Waals surface area contributed by atoms with Crippen molar-refractivity contribution >= 4 is 6.03 Å². The molecule has 3 rings (SSSR count). The van der Waals surface area contributed by atoms with Gasteiger partial charge in [0.2, 0.25) is 5.89 Å². The van der Waals surface area contributed by atoms with Gasteiger partial charge >= 0.3 is 12.2 Å². The largest absolute Gasteiger partial charge is 0.416 e. The van der Waals surface area contributed by atoms with Crippen LogP contribution in [0.4, 0.5) is 18.0 Å². The number of halogens is 3. The van der Waals surface area contributed by atoms with Crippen molar-refractivity contribution in [1.82, 2.24) is 20.4 Å². The third-order valence-corrected chi connectivity index (χ3v) is 4.13. The Morgan fingerprint density at radius 3 is 2.81 bits per heavy atom. The van der Waals surface area contributed by atoms with Gasteiger partial charge < -0.3 is 14.7 Å². The van der Waals surface area contributed by atoms with Gasteiger partial charge in [0.25, 0.3) is 0 Å². The summed E-state index contributed by atoms with van der Waals surface area (Å²) in [5.41, 5.74) is -0.352. The molecule has 0 unspecified atom stereocenters. The molecule has 140 valence electrons. The van der Waals surface area contributed by atoms with Crippen LogP contribution < -0.4 is 5.32 Å². The number of nitrogens with one attached hydrogen (secondary N) is 1. The molecule has 1 aromatic carbocycles. The fourth-order valence-electron chi connectivity index (χ4n) is 2.48. The van der Waals surface area contributed by atoms with E-state index < -0.39 is 23.8 Å². The number of urea groups is 1. The minimum absolute atomic E-state index is 0.0413. The highest BCUT2D eigenvalue weighted by Crippen LogP contribution is 2.38. The molecular formula is C17H19F3N4O2. The maximum absolute atomic E-state index is 12.8. The summed E-state index contributed by atoms with van der Waals surface area (Å²) < 4.78 is 43.5. The van der Waals surface area contributed by atoms with E-state index in [2.05, 4.69) is 15.5 Å².